The summed E-state index contributed by atoms with van der Waals surface area (Å²) >= 11 is 8.86. The minimum absolute atomic E-state index is 0.559. The van der Waals surface area contributed by atoms with Crippen LogP contribution in [0.3, 0.4) is 0 Å². The highest BCUT2D eigenvalue weighted by molar-refractivity contribution is 7.99. The molecule has 0 saturated heterocycles. The number of hydrazine groups is 1. The van der Waals surface area contributed by atoms with E-state index in [4.69, 9.17) is 17.4 Å². The molecule has 0 radical (unpaired) electrons. The van der Waals surface area contributed by atoms with Gasteiger partial charge in [0.2, 0.25) is 0 Å². The third-order valence-electron chi connectivity index (χ3n) is 1.94. The van der Waals surface area contributed by atoms with Crippen LogP contribution in [0.5, 0.6) is 0 Å². The Labute approximate surface area is 118 Å². The van der Waals surface area contributed by atoms with Crippen LogP contribution in [-0.4, -0.2) is 21.2 Å². The lowest BCUT2D eigenvalue weighted by Gasteiger charge is -2.06. The average Bonchev–Trinajstić information content (AvgIpc) is 2.41. The predicted molar refractivity (Wildman–Crippen MR) is 75.0 cm³/mol. The Morgan fingerprint density at radius 2 is 2.22 bits per heavy atom. The molecule has 0 atom stereocenters. The topological polar surface area (TPSA) is 76.7 Å². The lowest BCUT2D eigenvalue weighted by Crippen LogP contribution is -2.09. The fourth-order valence-electron chi connectivity index (χ4n) is 1.17. The number of halogens is 1. The highest BCUT2D eigenvalue weighted by Crippen LogP contribution is 2.31. The molecule has 2 heterocycles. The lowest BCUT2D eigenvalue weighted by atomic mass is 10.5. The minimum Gasteiger partial charge on any atom is -0.308 e. The molecule has 0 aliphatic carbocycles. The number of rotatable bonds is 4. The number of nitrogens with one attached hydrogen (secondary N) is 1. The largest absolute Gasteiger partial charge is 0.308 e. The molecule has 5 nitrogen and oxygen atoms in total. The monoisotopic (exact) mass is 299 g/mol. The summed E-state index contributed by atoms with van der Waals surface area (Å²) in [5, 5.41) is 2.67. The summed E-state index contributed by atoms with van der Waals surface area (Å²) in [5.74, 6) is 5.92. The van der Waals surface area contributed by atoms with E-state index in [1.165, 1.54) is 23.5 Å². The van der Waals surface area contributed by atoms with Gasteiger partial charge in [0.05, 0.1) is 5.02 Å². The fourth-order valence-corrected chi connectivity index (χ4v) is 2.62. The highest BCUT2D eigenvalue weighted by Gasteiger charge is 2.08. The quantitative estimate of drug-likeness (QED) is 0.295. The summed E-state index contributed by atoms with van der Waals surface area (Å²) in [5.41, 5.74) is 2.51. The van der Waals surface area contributed by atoms with E-state index in [0.29, 0.717) is 21.0 Å². The number of nitrogens with two attached hydrogens (primary N) is 1. The van der Waals surface area contributed by atoms with Crippen molar-refractivity contribution in [3.05, 3.63) is 29.4 Å². The van der Waals surface area contributed by atoms with Crippen LogP contribution < -0.4 is 11.3 Å². The van der Waals surface area contributed by atoms with Crippen LogP contribution >= 0.6 is 35.1 Å². The van der Waals surface area contributed by atoms with E-state index in [-0.39, 0.29) is 0 Å². The number of thioether (sulfide) groups is 1. The molecule has 0 amide bonds. The van der Waals surface area contributed by atoms with E-state index in [1.54, 1.807) is 24.4 Å². The molecular weight excluding hydrogens is 290 g/mol. The normalized spacial score (nSPS) is 10.4. The second-order valence-corrected chi connectivity index (χ2v) is 5.30. The highest BCUT2D eigenvalue weighted by atomic mass is 35.5. The van der Waals surface area contributed by atoms with Crippen molar-refractivity contribution in [1.82, 2.24) is 15.0 Å². The molecular formula is C10H10ClN5S2. The smallest absolute Gasteiger partial charge is 0.190 e. The molecule has 94 valence electrons. The zero-order valence-corrected chi connectivity index (χ0v) is 11.8. The summed E-state index contributed by atoms with van der Waals surface area (Å²) < 4.78 is 0. The van der Waals surface area contributed by atoms with Gasteiger partial charge in [-0.3, -0.25) is 0 Å². The van der Waals surface area contributed by atoms with Crippen molar-refractivity contribution in [3.63, 3.8) is 0 Å². The van der Waals surface area contributed by atoms with Crippen LogP contribution in [0.25, 0.3) is 0 Å². The fraction of sp³-hybridized carbons (Fsp3) is 0.100. The maximum atomic E-state index is 6.05. The van der Waals surface area contributed by atoms with Crippen molar-refractivity contribution in [2.45, 2.75) is 15.2 Å². The van der Waals surface area contributed by atoms with Crippen LogP contribution in [-0.2, 0) is 0 Å². The second-order valence-electron chi connectivity index (χ2n) is 3.11. The van der Waals surface area contributed by atoms with Gasteiger partial charge in [0, 0.05) is 12.3 Å². The first-order valence-corrected chi connectivity index (χ1v) is 7.33. The Morgan fingerprint density at radius 1 is 1.39 bits per heavy atom. The summed E-state index contributed by atoms with van der Waals surface area (Å²) in [6.07, 6.45) is 3.59. The first-order valence-electron chi connectivity index (χ1n) is 4.91. The van der Waals surface area contributed by atoms with Gasteiger partial charge in [-0.15, -0.1) is 0 Å². The van der Waals surface area contributed by atoms with Crippen LogP contribution in [0.2, 0.25) is 5.02 Å². The van der Waals surface area contributed by atoms with Crippen LogP contribution in [0.1, 0.15) is 0 Å². The van der Waals surface area contributed by atoms with Crippen LogP contribution in [0.4, 0.5) is 5.82 Å². The van der Waals surface area contributed by atoms with Gasteiger partial charge in [0.25, 0.3) is 0 Å². The van der Waals surface area contributed by atoms with Crippen molar-refractivity contribution in [1.29, 1.82) is 0 Å². The Balaban J connectivity index is 2.31. The Bertz CT molecular complexity index is 529. The SMILES string of the molecule is CSc1nc(NN)cc(Sc2ncccc2Cl)n1. The third-order valence-corrected chi connectivity index (χ3v) is 3.84. The average molecular weight is 300 g/mol. The standard InChI is InChI=1S/C10H10ClN5S2/c1-17-10-14-7(16-12)5-8(15-10)18-9-6(11)3-2-4-13-9/h2-5H,12H2,1H3,(H,14,15,16). The molecule has 2 aromatic heterocycles. The number of nitrogens with zero attached hydrogens (tertiary/aromatic N) is 3. The zero-order valence-electron chi connectivity index (χ0n) is 9.42. The molecule has 0 bridgehead atoms. The van der Waals surface area contributed by atoms with Gasteiger partial charge in [0.15, 0.2) is 5.16 Å². The third kappa shape index (κ3) is 3.26. The second kappa shape index (κ2) is 6.24. The summed E-state index contributed by atoms with van der Waals surface area (Å²) in [7, 11) is 0. The van der Waals surface area contributed by atoms with Gasteiger partial charge in [-0.1, -0.05) is 23.4 Å². The van der Waals surface area contributed by atoms with Crippen molar-refractivity contribution >= 4 is 40.9 Å². The van der Waals surface area contributed by atoms with E-state index < -0.39 is 0 Å². The molecule has 0 saturated carbocycles. The Hall–Kier alpha value is -1.02. The van der Waals surface area contributed by atoms with E-state index >= 15 is 0 Å². The first-order chi connectivity index (χ1) is 8.72. The van der Waals surface area contributed by atoms with Gasteiger partial charge in [0.1, 0.15) is 15.9 Å². The molecule has 18 heavy (non-hydrogen) atoms. The van der Waals surface area contributed by atoms with Gasteiger partial charge in [-0.05, 0) is 30.2 Å². The number of aromatic nitrogens is 3. The van der Waals surface area contributed by atoms with Crippen molar-refractivity contribution in [2.24, 2.45) is 5.84 Å². The lowest BCUT2D eigenvalue weighted by molar-refractivity contribution is 0.891. The van der Waals surface area contributed by atoms with E-state index in [1.807, 2.05) is 6.26 Å². The molecule has 2 rings (SSSR count). The number of pyridine rings is 1. The van der Waals surface area contributed by atoms with Gasteiger partial charge in [-0.25, -0.2) is 20.8 Å². The molecule has 0 fully saturated rings. The summed E-state index contributed by atoms with van der Waals surface area (Å²) in [6.45, 7) is 0. The number of nitrogen functional groups attached to an aromatic ring is 1. The molecule has 2 aromatic rings. The minimum atomic E-state index is 0.559. The maximum Gasteiger partial charge on any atom is 0.190 e. The molecule has 0 aromatic carbocycles. The zero-order chi connectivity index (χ0) is 13.0. The summed E-state index contributed by atoms with van der Waals surface area (Å²) in [4.78, 5) is 12.7. The molecule has 0 spiro atoms. The van der Waals surface area contributed by atoms with Crippen LogP contribution in [0, 0.1) is 0 Å². The predicted octanol–water partition coefficient (Wildman–Crippen LogP) is 2.68. The number of hydrogen-bond donors (Lipinski definition) is 2. The van der Waals surface area contributed by atoms with Crippen molar-refractivity contribution in [2.75, 3.05) is 11.7 Å². The molecule has 3 N–H and O–H groups in total. The van der Waals surface area contributed by atoms with Gasteiger partial charge < -0.3 is 5.43 Å². The van der Waals surface area contributed by atoms with Gasteiger partial charge >= 0.3 is 0 Å². The first kappa shape index (κ1) is 13.4. The molecule has 0 aliphatic heterocycles. The van der Waals surface area contributed by atoms with Crippen molar-refractivity contribution < 1.29 is 0 Å². The van der Waals surface area contributed by atoms with E-state index in [2.05, 4.69) is 20.4 Å². The molecule has 0 aliphatic rings. The van der Waals surface area contributed by atoms with E-state index in [9.17, 15) is 0 Å². The number of anilines is 1. The van der Waals surface area contributed by atoms with Crippen LogP contribution in [0.15, 0.2) is 39.6 Å². The number of hydrogen-bond acceptors (Lipinski definition) is 7. The van der Waals surface area contributed by atoms with Gasteiger partial charge in [-0.2, -0.15) is 0 Å². The van der Waals surface area contributed by atoms with E-state index in [0.717, 1.165) is 5.03 Å². The maximum absolute atomic E-state index is 6.05. The molecule has 8 heteroatoms. The molecule has 0 unspecified atom stereocenters. The Morgan fingerprint density at radius 3 is 2.89 bits per heavy atom. The summed E-state index contributed by atoms with van der Waals surface area (Å²) in [6, 6.07) is 5.32. The van der Waals surface area contributed by atoms with Crippen molar-refractivity contribution in [3.8, 4) is 0 Å². The Kier molecular flexibility index (Phi) is 4.65.